The third-order valence-corrected chi connectivity index (χ3v) is 4.14. The topological polar surface area (TPSA) is 50.3 Å². The largest absolute Gasteiger partial charge is 0.378 e. The van der Waals surface area contributed by atoms with Crippen LogP contribution in [0.2, 0.25) is 5.15 Å². The Kier molecular flexibility index (Phi) is 5.12. The maximum atomic E-state index is 5.86. The summed E-state index contributed by atoms with van der Waals surface area (Å²) in [6, 6.07) is 6.30. The maximum absolute atomic E-state index is 5.86. The van der Waals surface area contributed by atoms with E-state index in [0.29, 0.717) is 17.5 Å². The van der Waals surface area contributed by atoms with E-state index in [0.717, 1.165) is 30.8 Å². The van der Waals surface area contributed by atoms with Gasteiger partial charge in [-0.15, -0.1) is 0 Å². The van der Waals surface area contributed by atoms with Crippen molar-refractivity contribution in [2.24, 2.45) is 0 Å². The number of aromatic nitrogens is 2. The molecule has 0 aliphatic carbocycles. The minimum Gasteiger partial charge on any atom is -0.378 e. The molecular formula is C15H16BrClN4O. The van der Waals surface area contributed by atoms with E-state index in [1.165, 1.54) is 17.4 Å². The molecule has 116 valence electrons. The van der Waals surface area contributed by atoms with Crippen LogP contribution in [0.5, 0.6) is 0 Å². The minimum absolute atomic E-state index is 0.384. The Morgan fingerprint density at radius 2 is 2.09 bits per heavy atom. The highest BCUT2D eigenvalue weighted by Gasteiger charge is 2.15. The second kappa shape index (κ2) is 7.26. The summed E-state index contributed by atoms with van der Waals surface area (Å²) >= 11 is 9.41. The van der Waals surface area contributed by atoms with Crippen LogP contribution >= 0.6 is 27.5 Å². The van der Waals surface area contributed by atoms with E-state index in [1.54, 1.807) is 6.20 Å². The zero-order chi connectivity index (χ0) is 15.4. The van der Waals surface area contributed by atoms with Gasteiger partial charge in [-0.05, 0) is 17.7 Å². The Labute approximate surface area is 142 Å². The summed E-state index contributed by atoms with van der Waals surface area (Å²) in [7, 11) is 0. The number of rotatable bonds is 4. The van der Waals surface area contributed by atoms with E-state index >= 15 is 0 Å². The van der Waals surface area contributed by atoms with Crippen LogP contribution in [0.3, 0.4) is 0 Å². The van der Waals surface area contributed by atoms with Crippen LogP contribution < -0.4 is 10.2 Å². The molecule has 2 aromatic rings. The fraction of sp³-hybridized carbons (Fsp3) is 0.333. The van der Waals surface area contributed by atoms with E-state index in [9.17, 15) is 0 Å². The molecule has 1 N–H and O–H groups in total. The van der Waals surface area contributed by atoms with Gasteiger partial charge in [0.15, 0.2) is 0 Å². The Balaban J connectivity index is 1.77. The van der Waals surface area contributed by atoms with Crippen molar-refractivity contribution >= 4 is 39.0 Å². The molecule has 5 nitrogen and oxygen atoms in total. The minimum atomic E-state index is 0.384. The van der Waals surface area contributed by atoms with Crippen molar-refractivity contribution in [3.05, 3.63) is 45.8 Å². The molecule has 0 atom stereocenters. The van der Waals surface area contributed by atoms with Gasteiger partial charge in [0.1, 0.15) is 11.0 Å². The highest BCUT2D eigenvalue weighted by atomic mass is 79.9. The SMILES string of the molecule is Clc1cncc(NCc2ccc(Br)cc2N2CCOCC2)n1. The quantitative estimate of drug-likeness (QED) is 0.877. The zero-order valence-electron chi connectivity index (χ0n) is 11.9. The molecule has 0 spiro atoms. The molecule has 3 rings (SSSR count). The third kappa shape index (κ3) is 3.88. The number of nitrogens with one attached hydrogen (secondary N) is 1. The van der Waals surface area contributed by atoms with Gasteiger partial charge in [-0.2, -0.15) is 0 Å². The maximum Gasteiger partial charge on any atom is 0.149 e. The zero-order valence-corrected chi connectivity index (χ0v) is 14.3. The van der Waals surface area contributed by atoms with Crippen LogP contribution in [0.1, 0.15) is 5.56 Å². The standard InChI is InChI=1S/C15H16BrClN4O/c16-12-2-1-11(8-19-15-10-18-9-14(17)20-15)13(7-12)21-3-5-22-6-4-21/h1-2,7,9-10H,3-6,8H2,(H,19,20). The normalized spacial score (nSPS) is 14.9. The van der Waals surface area contributed by atoms with Gasteiger partial charge in [-0.1, -0.05) is 33.6 Å². The fourth-order valence-electron chi connectivity index (χ4n) is 2.40. The van der Waals surface area contributed by atoms with E-state index in [-0.39, 0.29) is 0 Å². The van der Waals surface area contributed by atoms with E-state index in [2.05, 4.69) is 48.2 Å². The summed E-state index contributed by atoms with van der Waals surface area (Å²) in [4.78, 5) is 10.6. The number of nitrogens with zero attached hydrogens (tertiary/aromatic N) is 3. The molecule has 22 heavy (non-hydrogen) atoms. The molecule has 0 bridgehead atoms. The predicted octanol–water partition coefficient (Wildman–Crippen LogP) is 3.34. The molecule has 1 saturated heterocycles. The predicted molar refractivity (Wildman–Crippen MR) is 91.5 cm³/mol. The number of anilines is 2. The monoisotopic (exact) mass is 382 g/mol. The number of hydrogen-bond donors (Lipinski definition) is 1. The highest BCUT2D eigenvalue weighted by Crippen LogP contribution is 2.26. The van der Waals surface area contributed by atoms with Crippen molar-refractivity contribution < 1.29 is 4.74 Å². The molecule has 0 saturated carbocycles. The van der Waals surface area contributed by atoms with Crippen molar-refractivity contribution in [2.45, 2.75) is 6.54 Å². The second-order valence-corrected chi connectivity index (χ2v) is 6.26. The summed E-state index contributed by atoms with van der Waals surface area (Å²) in [6.07, 6.45) is 3.19. The number of benzene rings is 1. The van der Waals surface area contributed by atoms with Crippen LogP contribution in [0.25, 0.3) is 0 Å². The first-order valence-corrected chi connectivity index (χ1v) is 8.22. The second-order valence-electron chi connectivity index (χ2n) is 4.95. The molecule has 2 heterocycles. The lowest BCUT2D eigenvalue weighted by molar-refractivity contribution is 0.122. The summed E-state index contributed by atoms with van der Waals surface area (Å²) in [5, 5.41) is 3.65. The van der Waals surface area contributed by atoms with Crippen LogP contribution in [-0.2, 0) is 11.3 Å². The first-order valence-electron chi connectivity index (χ1n) is 7.05. The van der Waals surface area contributed by atoms with E-state index < -0.39 is 0 Å². The van der Waals surface area contributed by atoms with Crippen molar-refractivity contribution in [1.29, 1.82) is 0 Å². The van der Waals surface area contributed by atoms with E-state index in [1.807, 2.05) is 6.07 Å². The first kappa shape index (κ1) is 15.5. The molecule has 1 aliphatic heterocycles. The average Bonchev–Trinajstić information content (AvgIpc) is 2.54. The Morgan fingerprint density at radius 3 is 2.86 bits per heavy atom. The van der Waals surface area contributed by atoms with Crippen LogP contribution in [0, 0.1) is 0 Å². The van der Waals surface area contributed by atoms with Crippen molar-refractivity contribution in [3.63, 3.8) is 0 Å². The van der Waals surface area contributed by atoms with Gasteiger partial charge in [0.05, 0.1) is 25.6 Å². The fourth-order valence-corrected chi connectivity index (χ4v) is 2.89. The lowest BCUT2D eigenvalue weighted by Crippen LogP contribution is -2.36. The van der Waals surface area contributed by atoms with Gasteiger partial charge in [0.25, 0.3) is 0 Å². The summed E-state index contributed by atoms with van der Waals surface area (Å²) < 4.78 is 6.50. The molecule has 0 amide bonds. The van der Waals surface area contributed by atoms with Gasteiger partial charge in [-0.3, -0.25) is 4.98 Å². The molecule has 1 aliphatic rings. The van der Waals surface area contributed by atoms with Crippen LogP contribution in [0.4, 0.5) is 11.5 Å². The summed E-state index contributed by atoms with van der Waals surface area (Å²) in [5.74, 6) is 0.670. The highest BCUT2D eigenvalue weighted by molar-refractivity contribution is 9.10. The molecule has 7 heteroatoms. The summed E-state index contributed by atoms with van der Waals surface area (Å²) in [6.45, 7) is 3.99. The van der Waals surface area contributed by atoms with Gasteiger partial charge in [-0.25, -0.2) is 4.98 Å². The number of ether oxygens (including phenoxy) is 1. The van der Waals surface area contributed by atoms with Gasteiger partial charge in [0.2, 0.25) is 0 Å². The molecule has 0 unspecified atom stereocenters. The lowest BCUT2D eigenvalue weighted by atomic mass is 10.1. The van der Waals surface area contributed by atoms with E-state index in [4.69, 9.17) is 16.3 Å². The Bertz CT molecular complexity index is 649. The molecule has 1 aromatic carbocycles. The van der Waals surface area contributed by atoms with Gasteiger partial charge < -0.3 is 15.0 Å². The van der Waals surface area contributed by atoms with Crippen LogP contribution in [-0.4, -0.2) is 36.3 Å². The Hall–Kier alpha value is -1.37. The van der Waals surface area contributed by atoms with Crippen LogP contribution in [0.15, 0.2) is 35.1 Å². The Morgan fingerprint density at radius 1 is 1.27 bits per heavy atom. The van der Waals surface area contributed by atoms with Crippen molar-refractivity contribution in [1.82, 2.24) is 9.97 Å². The number of halogens is 2. The van der Waals surface area contributed by atoms with Crippen molar-refractivity contribution in [2.75, 3.05) is 36.5 Å². The number of morpholine rings is 1. The van der Waals surface area contributed by atoms with Gasteiger partial charge in [0, 0.05) is 29.8 Å². The average molecular weight is 384 g/mol. The van der Waals surface area contributed by atoms with Gasteiger partial charge >= 0.3 is 0 Å². The molecule has 1 aromatic heterocycles. The summed E-state index contributed by atoms with van der Waals surface area (Å²) in [5.41, 5.74) is 2.41. The molecular weight excluding hydrogens is 368 g/mol. The lowest BCUT2D eigenvalue weighted by Gasteiger charge is -2.31. The molecule has 1 fully saturated rings. The third-order valence-electron chi connectivity index (χ3n) is 3.46. The van der Waals surface area contributed by atoms with Crippen molar-refractivity contribution in [3.8, 4) is 0 Å². The smallest absolute Gasteiger partial charge is 0.149 e. The molecule has 0 radical (unpaired) electrons. The first-order chi connectivity index (χ1) is 10.7. The number of hydrogen-bond acceptors (Lipinski definition) is 5.